The second-order valence-corrected chi connectivity index (χ2v) is 7.09. The molecule has 1 aliphatic heterocycles. The molecule has 1 aromatic heterocycles. The number of amides is 2. The summed E-state index contributed by atoms with van der Waals surface area (Å²) in [6, 6.07) is 4.37. The minimum absolute atomic E-state index is 0.0823. The van der Waals surface area contributed by atoms with E-state index in [1.165, 1.54) is 34.0 Å². The fourth-order valence-electron chi connectivity index (χ4n) is 3.12. The van der Waals surface area contributed by atoms with E-state index >= 15 is 0 Å². The predicted molar refractivity (Wildman–Crippen MR) is 105 cm³/mol. The third-order valence-electron chi connectivity index (χ3n) is 4.59. The van der Waals surface area contributed by atoms with E-state index in [2.05, 4.69) is 5.32 Å². The second kappa shape index (κ2) is 8.12. The molecule has 154 valence electrons. The Morgan fingerprint density at radius 3 is 2.76 bits per heavy atom. The summed E-state index contributed by atoms with van der Waals surface area (Å²) in [5, 5.41) is 14.4. The molecule has 0 bridgehead atoms. The van der Waals surface area contributed by atoms with Crippen LogP contribution in [0.4, 0.5) is 4.39 Å². The molecule has 10 heteroatoms. The van der Waals surface area contributed by atoms with Crippen molar-refractivity contribution in [2.45, 2.75) is 19.9 Å². The van der Waals surface area contributed by atoms with Gasteiger partial charge in [-0.25, -0.2) is 4.39 Å². The summed E-state index contributed by atoms with van der Waals surface area (Å²) in [4.78, 5) is 38.9. The molecule has 1 aromatic carbocycles. The number of carbonyl (C=O) groups is 2. The van der Waals surface area contributed by atoms with E-state index in [1.54, 1.807) is 12.1 Å². The highest BCUT2D eigenvalue weighted by molar-refractivity contribution is 6.30. The Kier molecular flexibility index (Phi) is 5.78. The van der Waals surface area contributed by atoms with Crippen LogP contribution in [0.2, 0.25) is 5.02 Å². The molecular weight excluding hydrogens is 403 g/mol. The topological polar surface area (TPSA) is 94.9 Å². The number of pyridine rings is 1. The lowest BCUT2D eigenvalue weighted by Gasteiger charge is -2.38. The maximum Gasteiger partial charge on any atom is 0.277 e. The van der Waals surface area contributed by atoms with Gasteiger partial charge in [-0.2, -0.15) is 0 Å². The van der Waals surface area contributed by atoms with Gasteiger partial charge in [0, 0.05) is 31.9 Å². The molecule has 2 N–H and O–H groups in total. The van der Waals surface area contributed by atoms with Crippen molar-refractivity contribution in [2.24, 2.45) is 0 Å². The Morgan fingerprint density at radius 1 is 1.34 bits per heavy atom. The molecule has 2 heterocycles. The molecule has 0 aliphatic carbocycles. The van der Waals surface area contributed by atoms with Gasteiger partial charge in [0.05, 0.1) is 5.02 Å². The average Bonchev–Trinajstić information content (AvgIpc) is 2.69. The fourth-order valence-corrected chi connectivity index (χ4v) is 3.32. The SMILES string of the molecule is CCCN1CN(C)C(=O)c2c(O)c(=O)c(C(=O)NCc3cccc(Cl)c3F)cn21. The van der Waals surface area contributed by atoms with E-state index in [0.29, 0.717) is 6.54 Å². The quantitative estimate of drug-likeness (QED) is 0.764. The zero-order valence-electron chi connectivity index (χ0n) is 15.9. The van der Waals surface area contributed by atoms with Gasteiger partial charge in [0.2, 0.25) is 5.43 Å². The van der Waals surface area contributed by atoms with Crippen molar-refractivity contribution in [1.29, 1.82) is 0 Å². The Bertz CT molecular complexity index is 1040. The third kappa shape index (κ3) is 3.77. The van der Waals surface area contributed by atoms with Gasteiger partial charge in [-0.1, -0.05) is 30.7 Å². The molecule has 0 radical (unpaired) electrons. The van der Waals surface area contributed by atoms with E-state index in [9.17, 15) is 23.9 Å². The number of aromatic hydroxyl groups is 1. The Labute approximate surface area is 171 Å². The summed E-state index contributed by atoms with van der Waals surface area (Å²) in [7, 11) is 1.55. The van der Waals surface area contributed by atoms with E-state index in [1.807, 2.05) is 6.92 Å². The first-order valence-corrected chi connectivity index (χ1v) is 9.34. The number of benzene rings is 1. The van der Waals surface area contributed by atoms with Crippen LogP contribution in [0.5, 0.6) is 5.75 Å². The summed E-state index contributed by atoms with van der Waals surface area (Å²) in [5.74, 6) is -2.80. The molecule has 3 rings (SSSR count). The summed E-state index contributed by atoms with van der Waals surface area (Å²) < 4.78 is 15.3. The van der Waals surface area contributed by atoms with Crippen LogP contribution in [-0.4, -0.2) is 46.8 Å². The first kappa shape index (κ1) is 20.7. The minimum atomic E-state index is -0.972. The van der Waals surface area contributed by atoms with Crippen molar-refractivity contribution in [1.82, 2.24) is 14.9 Å². The van der Waals surface area contributed by atoms with Crippen molar-refractivity contribution in [2.75, 3.05) is 25.3 Å². The fraction of sp³-hybridized carbons (Fsp3) is 0.316. The first-order valence-electron chi connectivity index (χ1n) is 8.96. The van der Waals surface area contributed by atoms with Gasteiger partial charge in [0.25, 0.3) is 11.8 Å². The van der Waals surface area contributed by atoms with Crippen LogP contribution in [0.1, 0.15) is 39.8 Å². The molecule has 29 heavy (non-hydrogen) atoms. The Hall–Kier alpha value is -3.07. The molecule has 0 spiro atoms. The molecule has 0 unspecified atom stereocenters. The van der Waals surface area contributed by atoms with Crippen LogP contribution in [0.15, 0.2) is 29.2 Å². The zero-order chi connectivity index (χ0) is 21.3. The molecule has 2 aromatic rings. The highest BCUT2D eigenvalue weighted by Gasteiger charge is 2.32. The van der Waals surface area contributed by atoms with Crippen molar-refractivity contribution < 1.29 is 19.1 Å². The van der Waals surface area contributed by atoms with Gasteiger partial charge in [0.15, 0.2) is 11.4 Å². The van der Waals surface area contributed by atoms with Crippen LogP contribution in [0, 0.1) is 5.82 Å². The van der Waals surface area contributed by atoms with Gasteiger partial charge in [0.1, 0.15) is 18.0 Å². The van der Waals surface area contributed by atoms with Gasteiger partial charge in [-0.05, 0) is 12.5 Å². The number of fused-ring (bicyclic) bond motifs is 1. The third-order valence-corrected chi connectivity index (χ3v) is 4.88. The standard InChI is InChI=1S/C19H20ClFN4O4/c1-3-7-24-10-23(2)19(29)15-17(27)16(26)12(9-25(15)24)18(28)22-8-11-5-4-6-13(20)14(11)21/h4-6,9,27H,3,7-8,10H2,1-2H3,(H,22,28). The molecule has 0 atom stereocenters. The van der Waals surface area contributed by atoms with Crippen molar-refractivity contribution in [3.8, 4) is 5.75 Å². The molecule has 0 saturated heterocycles. The van der Waals surface area contributed by atoms with Gasteiger partial charge < -0.3 is 15.3 Å². The lowest BCUT2D eigenvalue weighted by Crippen LogP contribution is -2.53. The zero-order valence-corrected chi connectivity index (χ0v) is 16.7. The highest BCUT2D eigenvalue weighted by Crippen LogP contribution is 2.21. The maximum absolute atomic E-state index is 14.0. The lowest BCUT2D eigenvalue weighted by atomic mass is 10.1. The van der Waals surface area contributed by atoms with Crippen LogP contribution in [-0.2, 0) is 6.54 Å². The second-order valence-electron chi connectivity index (χ2n) is 6.68. The van der Waals surface area contributed by atoms with Crippen LogP contribution < -0.4 is 15.8 Å². The molecule has 0 fully saturated rings. The lowest BCUT2D eigenvalue weighted by molar-refractivity contribution is 0.0731. The summed E-state index contributed by atoms with van der Waals surface area (Å²) in [6.45, 7) is 2.50. The number of hydrogen-bond donors (Lipinski definition) is 2. The number of rotatable bonds is 5. The van der Waals surface area contributed by atoms with E-state index in [4.69, 9.17) is 11.6 Å². The number of halogens is 2. The Balaban J connectivity index is 1.96. The van der Waals surface area contributed by atoms with E-state index < -0.39 is 28.8 Å². The summed E-state index contributed by atoms with van der Waals surface area (Å²) in [6.07, 6.45) is 1.96. The number of carbonyl (C=O) groups excluding carboxylic acids is 2. The normalized spacial score (nSPS) is 13.4. The number of nitrogens with zero attached hydrogens (tertiary/aromatic N) is 3. The van der Waals surface area contributed by atoms with Crippen LogP contribution in [0.25, 0.3) is 0 Å². The minimum Gasteiger partial charge on any atom is -0.502 e. The molecule has 2 amide bonds. The smallest absolute Gasteiger partial charge is 0.277 e. The largest absolute Gasteiger partial charge is 0.502 e. The monoisotopic (exact) mass is 422 g/mol. The van der Waals surface area contributed by atoms with Crippen molar-refractivity contribution >= 4 is 23.4 Å². The number of hydrogen-bond acceptors (Lipinski definition) is 5. The molecular formula is C19H20ClFN4O4. The van der Waals surface area contributed by atoms with Gasteiger partial charge in [-0.15, -0.1) is 0 Å². The van der Waals surface area contributed by atoms with Crippen LogP contribution in [0.3, 0.4) is 0 Å². The van der Waals surface area contributed by atoms with E-state index in [-0.39, 0.29) is 35.1 Å². The van der Waals surface area contributed by atoms with Gasteiger partial charge in [-0.3, -0.25) is 24.1 Å². The summed E-state index contributed by atoms with van der Waals surface area (Å²) >= 11 is 5.73. The summed E-state index contributed by atoms with van der Waals surface area (Å²) in [5.41, 5.74) is -1.38. The first-order chi connectivity index (χ1) is 13.8. The van der Waals surface area contributed by atoms with Crippen LogP contribution >= 0.6 is 11.6 Å². The highest BCUT2D eigenvalue weighted by atomic mass is 35.5. The van der Waals surface area contributed by atoms with Crippen molar-refractivity contribution in [3.05, 3.63) is 62.3 Å². The molecule has 8 nitrogen and oxygen atoms in total. The van der Waals surface area contributed by atoms with E-state index in [0.717, 1.165) is 6.42 Å². The van der Waals surface area contributed by atoms with Gasteiger partial charge >= 0.3 is 0 Å². The average molecular weight is 423 g/mol. The van der Waals surface area contributed by atoms with Crippen molar-refractivity contribution in [3.63, 3.8) is 0 Å². The number of nitrogens with one attached hydrogen (secondary N) is 1. The molecule has 1 aliphatic rings. The predicted octanol–water partition coefficient (Wildman–Crippen LogP) is 1.67. The number of aromatic nitrogens is 1. The Morgan fingerprint density at radius 2 is 2.07 bits per heavy atom. The molecule has 0 saturated carbocycles. The maximum atomic E-state index is 14.0.